The molecule has 0 aliphatic heterocycles. The van der Waals surface area contributed by atoms with Crippen LogP contribution in [-0.2, 0) is 12.8 Å². The van der Waals surface area contributed by atoms with Gasteiger partial charge in [-0.2, -0.15) is 5.10 Å². The second-order valence-electron chi connectivity index (χ2n) is 4.30. The molecule has 0 spiro atoms. The number of thiazole rings is 1. The molecular weight excluding hydrogens is 232 g/mol. The Morgan fingerprint density at radius 1 is 1.29 bits per heavy atom. The lowest BCUT2D eigenvalue weighted by molar-refractivity contribution is 0.901. The Labute approximate surface area is 102 Å². The fourth-order valence-electron chi connectivity index (χ4n) is 2.49. The van der Waals surface area contributed by atoms with E-state index in [0.29, 0.717) is 0 Å². The van der Waals surface area contributed by atoms with Crippen LogP contribution in [0.2, 0.25) is 0 Å². The van der Waals surface area contributed by atoms with Gasteiger partial charge in [-0.1, -0.05) is 0 Å². The molecule has 5 heteroatoms. The third-order valence-corrected chi connectivity index (χ3v) is 4.25. The molecule has 17 heavy (non-hydrogen) atoms. The molecule has 3 heterocycles. The number of pyridine rings is 1. The highest BCUT2D eigenvalue weighted by atomic mass is 32.1. The van der Waals surface area contributed by atoms with Crippen LogP contribution in [0.15, 0.2) is 12.4 Å². The maximum Gasteiger partial charge on any atom is 0.155 e. The largest absolute Gasteiger partial charge is 0.261 e. The van der Waals surface area contributed by atoms with Crippen molar-refractivity contribution in [1.82, 2.24) is 20.2 Å². The maximum atomic E-state index is 4.61. The Kier molecular flexibility index (Phi) is 1.71. The molecule has 0 bridgehead atoms. The number of rotatable bonds is 0. The molecule has 1 aliphatic rings. The zero-order valence-electron chi connectivity index (χ0n) is 9.32. The minimum atomic E-state index is 0.864. The fourth-order valence-corrected chi connectivity index (χ4v) is 3.55. The summed E-state index contributed by atoms with van der Waals surface area (Å²) in [5, 5.41) is 9.27. The summed E-state index contributed by atoms with van der Waals surface area (Å²) < 4.78 is 0. The molecule has 0 fully saturated rings. The normalized spacial score (nSPS) is 13.7. The summed E-state index contributed by atoms with van der Waals surface area (Å²) >= 11 is 1.77. The molecule has 4 rings (SSSR count). The van der Waals surface area contributed by atoms with Crippen LogP contribution in [0.4, 0.5) is 0 Å². The summed E-state index contributed by atoms with van der Waals surface area (Å²) in [6.45, 7) is 2.07. The fraction of sp³-hybridized carbons (Fsp3) is 0.250. The van der Waals surface area contributed by atoms with Crippen molar-refractivity contribution in [3.8, 4) is 10.4 Å². The molecule has 0 amide bonds. The summed E-state index contributed by atoms with van der Waals surface area (Å²) in [7, 11) is 0. The number of aryl methyl sites for hydroxylation is 3. The minimum absolute atomic E-state index is 0.864. The molecule has 0 atom stereocenters. The first-order valence-corrected chi connectivity index (χ1v) is 6.42. The average Bonchev–Trinajstić information content (AvgIpc) is 2.92. The Morgan fingerprint density at radius 3 is 3.18 bits per heavy atom. The van der Waals surface area contributed by atoms with Gasteiger partial charge in [0.25, 0.3) is 0 Å². The van der Waals surface area contributed by atoms with Crippen molar-refractivity contribution in [2.24, 2.45) is 0 Å². The number of hydrogen-bond donors (Lipinski definition) is 1. The molecule has 0 unspecified atom stereocenters. The zero-order valence-corrected chi connectivity index (χ0v) is 10.1. The van der Waals surface area contributed by atoms with E-state index in [0.717, 1.165) is 28.9 Å². The lowest BCUT2D eigenvalue weighted by Gasteiger charge is -2.14. The third kappa shape index (κ3) is 1.20. The molecule has 1 aliphatic carbocycles. The number of aromatic amines is 1. The third-order valence-electron chi connectivity index (χ3n) is 3.22. The van der Waals surface area contributed by atoms with Gasteiger partial charge in [0.05, 0.1) is 21.8 Å². The van der Waals surface area contributed by atoms with Crippen molar-refractivity contribution in [2.45, 2.75) is 19.8 Å². The number of nitrogens with zero attached hydrogens (tertiary/aromatic N) is 3. The number of hydrogen-bond acceptors (Lipinski definition) is 4. The van der Waals surface area contributed by atoms with Gasteiger partial charge in [-0.15, -0.1) is 11.3 Å². The summed E-state index contributed by atoms with van der Waals surface area (Å²) in [6, 6.07) is 0. The average molecular weight is 242 g/mol. The monoisotopic (exact) mass is 242 g/mol. The van der Waals surface area contributed by atoms with Crippen molar-refractivity contribution in [2.75, 3.05) is 0 Å². The molecule has 84 valence electrons. The van der Waals surface area contributed by atoms with E-state index in [4.69, 9.17) is 0 Å². The first-order chi connectivity index (χ1) is 8.33. The van der Waals surface area contributed by atoms with Crippen LogP contribution in [0, 0.1) is 6.92 Å². The van der Waals surface area contributed by atoms with Crippen molar-refractivity contribution in [3.05, 3.63) is 28.7 Å². The Hall–Kier alpha value is -1.75. The van der Waals surface area contributed by atoms with Gasteiger partial charge in [0.15, 0.2) is 5.65 Å². The SMILES string of the molecule is Cc1nc2c(s1)-c1c(cnc3[nH]ncc13)CC2. The van der Waals surface area contributed by atoms with Crippen molar-refractivity contribution in [3.63, 3.8) is 0 Å². The highest BCUT2D eigenvalue weighted by Crippen LogP contribution is 2.40. The van der Waals surface area contributed by atoms with Crippen LogP contribution in [0.1, 0.15) is 16.3 Å². The van der Waals surface area contributed by atoms with Gasteiger partial charge < -0.3 is 0 Å². The van der Waals surface area contributed by atoms with E-state index in [1.165, 1.54) is 21.7 Å². The predicted octanol–water partition coefficient (Wildman–Crippen LogP) is 2.49. The number of nitrogens with one attached hydrogen (secondary N) is 1. The van der Waals surface area contributed by atoms with Crippen LogP contribution in [0.5, 0.6) is 0 Å². The predicted molar refractivity (Wildman–Crippen MR) is 67.1 cm³/mol. The second-order valence-corrected chi connectivity index (χ2v) is 5.50. The summed E-state index contributed by atoms with van der Waals surface area (Å²) in [4.78, 5) is 10.3. The lowest BCUT2D eigenvalue weighted by atomic mass is 9.94. The van der Waals surface area contributed by atoms with E-state index in [2.05, 4.69) is 27.1 Å². The van der Waals surface area contributed by atoms with E-state index in [-0.39, 0.29) is 0 Å². The lowest BCUT2D eigenvalue weighted by Crippen LogP contribution is -2.03. The molecule has 3 aromatic rings. The standard InChI is InChI=1S/C12H10N4S/c1-6-15-9-3-2-7-4-13-12-8(5-14-16-12)10(7)11(9)17-6/h4-5H,2-3H2,1H3,(H,13,14,16). The first kappa shape index (κ1) is 9.30. The van der Waals surface area contributed by atoms with Crippen molar-refractivity contribution in [1.29, 1.82) is 0 Å². The molecular formula is C12H10N4S. The molecule has 0 saturated heterocycles. The smallest absolute Gasteiger partial charge is 0.155 e. The number of fused-ring (bicyclic) bond motifs is 5. The Bertz CT molecular complexity index is 725. The van der Waals surface area contributed by atoms with E-state index in [9.17, 15) is 0 Å². The highest BCUT2D eigenvalue weighted by Gasteiger charge is 2.22. The summed E-state index contributed by atoms with van der Waals surface area (Å²) in [6.07, 6.45) is 5.89. The minimum Gasteiger partial charge on any atom is -0.261 e. The van der Waals surface area contributed by atoms with Crippen LogP contribution in [0.25, 0.3) is 21.5 Å². The van der Waals surface area contributed by atoms with Gasteiger partial charge in [0.1, 0.15) is 0 Å². The van der Waals surface area contributed by atoms with Gasteiger partial charge >= 0.3 is 0 Å². The van der Waals surface area contributed by atoms with Gasteiger partial charge in [-0.25, -0.2) is 9.97 Å². The van der Waals surface area contributed by atoms with Crippen LogP contribution < -0.4 is 0 Å². The van der Waals surface area contributed by atoms with Crippen LogP contribution in [-0.4, -0.2) is 20.2 Å². The molecule has 4 nitrogen and oxygen atoms in total. The van der Waals surface area contributed by atoms with E-state index in [1.54, 1.807) is 11.3 Å². The Balaban J connectivity index is 2.15. The summed E-state index contributed by atoms with van der Waals surface area (Å²) in [5.41, 5.74) is 4.70. The first-order valence-electron chi connectivity index (χ1n) is 5.60. The van der Waals surface area contributed by atoms with Gasteiger partial charge in [-0.05, 0) is 25.3 Å². The molecule has 3 aromatic heterocycles. The van der Waals surface area contributed by atoms with Crippen LogP contribution in [0.3, 0.4) is 0 Å². The Morgan fingerprint density at radius 2 is 2.24 bits per heavy atom. The molecule has 0 radical (unpaired) electrons. The quantitative estimate of drug-likeness (QED) is 0.659. The number of aromatic nitrogens is 4. The van der Waals surface area contributed by atoms with Crippen molar-refractivity contribution >= 4 is 22.4 Å². The topological polar surface area (TPSA) is 54.5 Å². The molecule has 1 N–H and O–H groups in total. The van der Waals surface area contributed by atoms with E-state index < -0.39 is 0 Å². The number of H-pyrrole nitrogens is 1. The molecule has 0 saturated carbocycles. The highest BCUT2D eigenvalue weighted by molar-refractivity contribution is 7.15. The van der Waals surface area contributed by atoms with E-state index >= 15 is 0 Å². The van der Waals surface area contributed by atoms with Crippen LogP contribution >= 0.6 is 11.3 Å². The maximum absolute atomic E-state index is 4.61. The summed E-state index contributed by atoms with van der Waals surface area (Å²) in [5.74, 6) is 0. The van der Waals surface area contributed by atoms with Gasteiger partial charge in [0.2, 0.25) is 0 Å². The van der Waals surface area contributed by atoms with Gasteiger partial charge in [0, 0.05) is 17.1 Å². The van der Waals surface area contributed by atoms with Crippen molar-refractivity contribution < 1.29 is 0 Å². The second kappa shape index (κ2) is 3.13. The zero-order chi connectivity index (χ0) is 11.4. The molecule has 0 aromatic carbocycles. The van der Waals surface area contributed by atoms with E-state index in [1.807, 2.05) is 12.4 Å². The van der Waals surface area contributed by atoms with Gasteiger partial charge in [-0.3, -0.25) is 5.10 Å².